The quantitative estimate of drug-likeness (QED) is 0.743. The molecule has 0 amide bonds. The summed E-state index contributed by atoms with van der Waals surface area (Å²) in [4.78, 5) is 16.7. The standard InChI is InChI=1S/C12H12FN3O4S/c1-6-10(12(17)18)14-7(2)11(6)21(19,20)16-9-5-3-4-8(13)15-9/h3-5,14H,1-2H3,(H,15,16)(H,17,18). The van der Waals surface area contributed by atoms with E-state index in [1.807, 2.05) is 0 Å². The lowest BCUT2D eigenvalue weighted by atomic mass is 10.2. The van der Waals surface area contributed by atoms with Gasteiger partial charge in [0.05, 0.1) is 0 Å². The fourth-order valence-corrected chi connectivity index (χ4v) is 3.45. The maximum Gasteiger partial charge on any atom is 0.352 e. The molecule has 0 aliphatic rings. The van der Waals surface area contributed by atoms with E-state index in [4.69, 9.17) is 5.11 Å². The Bertz CT molecular complexity index is 814. The third-order valence-corrected chi connectivity index (χ3v) is 4.43. The largest absolute Gasteiger partial charge is 0.477 e. The molecule has 7 nitrogen and oxygen atoms in total. The first-order valence-electron chi connectivity index (χ1n) is 5.80. The van der Waals surface area contributed by atoms with Gasteiger partial charge in [0.15, 0.2) is 0 Å². The molecule has 2 rings (SSSR count). The van der Waals surface area contributed by atoms with Crippen molar-refractivity contribution in [1.82, 2.24) is 9.97 Å². The number of hydrogen-bond acceptors (Lipinski definition) is 4. The lowest BCUT2D eigenvalue weighted by Crippen LogP contribution is -2.15. The smallest absolute Gasteiger partial charge is 0.352 e. The molecule has 0 saturated carbocycles. The summed E-state index contributed by atoms with van der Waals surface area (Å²) in [5, 5.41) is 8.99. The van der Waals surface area contributed by atoms with Crippen molar-refractivity contribution in [3.8, 4) is 0 Å². The van der Waals surface area contributed by atoms with Crippen LogP contribution in [-0.4, -0.2) is 29.5 Å². The maximum atomic E-state index is 13.0. The van der Waals surface area contributed by atoms with Crippen LogP contribution in [0.5, 0.6) is 0 Å². The summed E-state index contributed by atoms with van der Waals surface area (Å²) in [7, 11) is -4.08. The first-order chi connectivity index (χ1) is 9.72. The van der Waals surface area contributed by atoms with Crippen LogP contribution in [0.2, 0.25) is 0 Å². The third kappa shape index (κ3) is 2.87. The number of halogens is 1. The number of rotatable bonds is 4. The molecule has 0 fully saturated rings. The second-order valence-electron chi connectivity index (χ2n) is 4.34. The van der Waals surface area contributed by atoms with Crippen LogP contribution in [-0.2, 0) is 10.0 Å². The SMILES string of the molecule is Cc1[nH]c(C(=O)O)c(C)c1S(=O)(=O)Nc1cccc(F)n1. The number of H-pyrrole nitrogens is 1. The van der Waals surface area contributed by atoms with Gasteiger partial charge in [0.25, 0.3) is 10.0 Å². The van der Waals surface area contributed by atoms with Crippen LogP contribution in [0, 0.1) is 19.8 Å². The molecule has 0 saturated heterocycles. The summed E-state index contributed by atoms with van der Waals surface area (Å²) in [5.41, 5.74) is 0.0396. The van der Waals surface area contributed by atoms with Crippen molar-refractivity contribution in [1.29, 1.82) is 0 Å². The van der Waals surface area contributed by atoms with Crippen LogP contribution in [0.3, 0.4) is 0 Å². The third-order valence-electron chi connectivity index (χ3n) is 2.81. The molecule has 0 atom stereocenters. The van der Waals surface area contributed by atoms with Crippen LogP contribution in [0.4, 0.5) is 10.2 Å². The van der Waals surface area contributed by atoms with Gasteiger partial charge in [0.2, 0.25) is 5.95 Å². The van der Waals surface area contributed by atoms with Gasteiger partial charge in [-0.05, 0) is 26.0 Å². The molecule has 0 bridgehead atoms. The van der Waals surface area contributed by atoms with Crippen LogP contribution in [0.1, 0.15) is 21.7 Å². The number of sulfonamides is 1. The fourth-order valence-electron chi connectivity index (χ4n) is 2.00. The van der Waals surface area contributed by atoms with E-state index >= 15 is 0 Å². The van der Waals surface area contributed by atoms with E-state index in [0.717, 1.165) is 6.07 Å². The summed E-state index contributed by atoms with van der Waals surface area (Å²) >= 11 is 0. The number of aromatic amines is 1. The number of nitrogens with zero attached hydrogens (tertiary/aromatic N) is 1. The number of nitrogens with one attached hydrogen (secondary N) is 2. The monoisotopic (exact) mass is 313 g/mol. The van der Waals surface area contributed by atoms with Gasteiger partial charge >= 0.3 is 5.97 Å². The molecule has 0 spiro atoms. The normalized spacial score (nSPS) is 11.4. The Morgan fingerprint density at radius 3 is 2.57 bits per heavy atom. The molecule has 0 unspecified atom stereocenters. The molecular formula is C12H12FN3O4S. The first-order valence-corrected chi connectivity index (χ1v) is 7.28. The molecule has 3 N–H and O–H groups in total. The lowest BCUT2D eigenvalue weighted by Gasteiger charge is -2.08. The highest BCUT2D eigenvalue weighted by molar-refractivity contribution is 7.92. The van der Waals surface area contributed by atoms with Gasteiger partial charge < -0.3 is 10.1 Å². The molecule has 2 heterocycles. The average Bonchev–Trinajstić information content (AvgIpc) is 2.64. The lowest BCUT2D eigenvalue weighted by molar-refractivity contribution is 0.0690. The molecule has 0 radical (unpaired) electrons. The Morgan fingerprint density at radius 2 is 2.05 bits per heavy atom. The van der Waals surface area contributed by atoms with Gasteiger partial charge in [-0.25, -0.2) is 18.2 Å². The predicted octanol–water partition coefficient (Wildman–Crippen LogP) is 1.66. The molecular weight excluding hydrogens is 301 g/mol. The Hall–Kier alpha value is -2.42. The summed E-state index contributed by atoms with van der Waals surface area (Å²) < 4.78 is 39.7. The van der Waals surface area contributed by atoms with Crippen molar-refractivity contribution in [2.75, 3.05) is 4.72 Å². The van der Waals surface area contributed by atoms with Crippen molar-refractivity contribution < 1.29 is 22.7 Å². The predicted molar refractivity (Wildman–Crippen MR) is 72.2 cm³/mol. The molecule has 9 heteroatoms. The van der Waals surface area contributed by atoms with E-state index < -0.39 is 21.9 Å². The zero-order valence-corrected chi connectivity index (χ0v) is 12.0. The highest BCUT2D eigenvalue weighted by Crippen LogP contribution is 2.25. The van der Waals surface area contributed by atoms with Crippen LogP contribution in [0.15, 0.2) is 23.1 Å². The summed E-state index contributed by atoms with van der Waals surface area (Å²) in [5.74, 6) is -2.28. The number of carbonyl (C=O) groups is 1. The first kappa shape index (κ1) is 15.0. The topological polar surface area (TPSA) is 112 Å². The molecule has 0 aliphatic heterocycles. The number of hydrogen-bond donors (Lipinski definition) is 3. The second kappa shape index (κ2) is 5.17. The van der Waals surface area contributed by atoms with Crippen molar-refractivity contribution in [3.63, 3.8) is 0 Å². The highest BCUT2D eigenvalue weighted by atomic mass is 32.2. The Morgan fingerprint density at radius 1 is 1.38 bits per heavy atom. The average molecular weight is 313 g/mol. The highest BCUT2D eigenvalue weighted by Gasteiger charge is 2.26. The Labute approximate surface area is 119 Å². The van der Waals surface area contributed by atoms with Crippen LogP contribution in [0.25, 0.3) is 0 Å². The van der Waals surface area contributed by atoms with Crippen LogP contribution >= 0.6 is 0 Å². The number of aromatic nitrogens is 2. The van der Waals surface area contributed by atoms with Gasteiger partial charge in [-0.2, -0.15) is 4.39 Å². The summed E-state index contributed by atoms with van der Waals surface area (Å²) in [6, 6.07) is 3.67. The van der Waals surface area contributed by atoms with E-state index in [0.29, 0.717) is 0 Å². The van der Waals surface area contributed by atoms with Crippen LogP contribution < -0.4 is 4.72 Å². The van der Waals surface area contributed by atoms with Crippen molar-refractivity contribution in [3.05, 3.63) is 41.1 Å². The fraction of sp³-hybridized carbons (Fsp3) is 0.167. The minimum atomic E-state index is -4.08. The molecule has 2 aromatic heterocycles. The maximum absolute atomic E-state index is 13.0. The molecule has 21 heavy (non-hydrogen) atoms. The van der Waals surface area contributed by atoms with E-state index in [9.17, 15) is 17.6 Å². The number of aromatic carboxylic acids is 1. The number of carboxylic acid groups (broad SMARTS) is 1. The number of carboxylic acids is 1. The molecule has 0 aliphatic carbocycles. The minimum absolute atomic E-state index is 0.0731. The molecule has 0 aromatic carbocycles. The number of anilines is 1. The van der Waals surface area contributed by atoms with Gasteiger partial charge in [-0.15, -0.1) is 0 Å². The number of aryl methyl sites for hydroxylation is 1. The number of pyridine rings is 1. The minimum Gasteiger partial charge on any atom is -0.477 e. The zero-order chi connectivity index (χ0) is 15.8. The Balaban J connectivity index is 2.48. The zero-order valence-electron chi connectivity index (χ0n) is 11.1. The van der Waals surface area contributed by atoms with E-state index in [-0.39, 0.29) is 27.7 Å². The van der Waals surface area contributed by atoms with Gasteiger partial charge in [0, 0.05) is 11.3 Å². The van der Waals surface area contributed by atoms with E-state index in [1.54, 1.807) is 0 Å². The molecule has 2 aromatic rings. The van der Waals surface area contributed by atoms with E-state index in [2.05, 4.69) is 14.7 Å². The summed E-state index contributed by atoms with van der Waals surface area (Å²) in [6.07, 6.45) is 0. The van der Waals surface area contributed by atoms with Crippen molar-refractivity contribution >= 4 is 21.8 Å². The van der Waals surface area contributed by atoms with Gasteiger partial charge in [-0.3, -0.25) is 4.72 Å². The van der Waals surface area contributed by atoms with Gasteiger partial charge in [0.1, 0.15) is 16.4 Å². The van der Waals surface area contributed by atoms with Crippen molar-refractivity contribution in [2.24, 2.45) is 0 Å². The Kier molecular flexibility index (Phi) is 3.69. The summed E-state index contributed by atoms with van der Waals surface area (Å²) in [6.45, 7) is 2.81. The van der Waals surface area contributed by atoms with Gasteiger partial charge in [-0.1, -0.05) is 6.07 Å². The second-order valence-corrected chi connectivity index (χ2v) is 5.95. The van der Waals surface area contributed by atoms with E-state index in [1.165, 1.54) is 26.0 Å². The molecule has 112 valence electrons. The van der Waals surface area contributed by atoms with Crippen molar-refractivity contribution in [2.45, 2.75) is 18.7 Å².